The van der Waals surface area contributed by atoms with Crippen LogP contribution >= 0.6 is 0 Å². The molecule has 0 unspecified atom stereocenters. The third kappa shape index (κ3) is 4.97. The number of hydrogen-bond acceptors (Lipinski definition) is 3. The fourth-order valence-corrected chi connectivity index (χ4v) is 10.2. The largest absolute Gasteiger partial charge is 0.327 e. The fourth-order valence-electron chi connectivity index (χ4n) is 10.2. The fraction of sp³-hybridized carbons (Fsp3) is 0.0926. The number of imidazole rings is 1. The van der Waals surface area contributed by atoms with Crippen molar-refractivity contribution < 1.29 is 0 Å². The highest BCUT2D eigenvalue weighted by atomic mass is 15.4. The van der Waals surface area contributed by atoms with Crippen molar-refractivity contribution in [3.8, 4) is 22.8 Å². The summed E-state index contributed by atoms with van der Waals surface area (Å²) in [5.41, 5.74) is 18.9. The van der Waals surface area contributed by atoms with Gasteiger partial charge in [0, 0.05) is 56.9 Å². The lowest BCUT2D eigenvalue weighted by Gasteiger charge is -2.26. The summed E-state index contributed by atoms with van der Waals surface area (Å²) in [7, 11) is 2.12. The molecular weight excluding hydrogens is 733 g/mol. The third-order valence-electron chi connectivity index (χ3n) is 12.7. The van der Waals surface area contributed by atoms with E-state index in [-0.39, 0.29) is 0 Å². The minimum Gasteiger partial charge on any atom is -0.327 e. The van der Waals surface area contributed by atoms with Gasteiger partial charge in [0.05, 0.1) is 44.5 Å². The van der Waals surface area contributed by atoms with Gasteiger partial charge in [0.1, 0.15) is 12.5 Å². The second-order valence-corrected chi connectivity index (χ2v) is 16.3. The van der Waals surface area contributed by atoms with E-state index in [1.807, 2.05) is 0 Å². The van der Waals surface area contributed by atoms with E-state index in [0.29, 0.717) is 6.67 Å². The summed E-state index contributed by atoms with van der Waals surface area (Å²) in [4.78, 5) is 10.1. The second-order valence-electron chi connectivity index (χ2n) is 16.3. The summed E-state index contributed by atoms with van der Waals surface area (Å²) in [5, 5.41) is 4.89. The highest BCUT2D eigenvalue weighted by Crippen LogP contribution is 2.48. The Balaban J connectivity index is 1.13. The van der Waals surface area contributed by atoms with Gasteiger partial charge < -0.3 is 23.5 Å². The molecule has 0 bridgehead atoms. The maximum absolute atomic E-state index is 5.15. The van der Waals surface area contributed by atoms with Crippen LogP contribution in [0.1, 0.15) is 16.7 Å². The Morgan fingerprint density at radius 2 is 1.13 bits per heavy atom. The Hall–Kier alpha value is -7.57. The van der Waals surface area contributed by atoms with Crippen LogP contribution in [-0.2, 0) is 7.05 Å². The third-order valence-corrected chi connectivity index (χ3v) is 12.7. The molecule has 0 radical (unpaired) electrons. The van der Waals surface area contributed by atoms with Gasteiger partial charge in [-0.25, -0.2) is 4.98 Å². The molecule has 288 valence electrons. The molecule has 0 saturated heterocycles. The smallest absolute Gasteiger partial charge is 0.140 e. The molecule has 1 aliphatic heterocycles. The number of hydrogen-bond donors (Lipinski definition) is 0. The minimum atomic E-state index is 0.715. The van der Waals surface area contributed by atoms with Crippen molar-refractivity contribution in [3.05, 3.63) is 187 Å². The lowest BCUT2D eigenvalue weighted by molar-refractivity contribution is 0.959. The number of anilines is 4. The second kappa shape index (κ2) is 13.0. The summed E-state index contributed by atoms with van der Waals surface area (Å²) in [6.45, 7) is 7.37. The topological polar surface area (TPSA) is 34.2 Å². The number of nitrogens with zero attached hydrogens (tertiary/aromatic N) is 6. The van der Waals surface area contributed by atoms with Gasteiger partial charge in [-0.1, -0.05) is 103 Å². The zero-order valence-electron chi connectivity index (χ0n) is 34.1. The van der Waals surface area contributed by atoms with Gasteiger partial charge in [-0.3, -0.25) is 0 Å². The van der Waals surface area contributed by atoms with Crippen molar-refractivity contribution in [1.29, 1.82) is 0 Å². The van der Waals surface area contributed by atoms with Crippen LogP contribution in [0.15, 0.2) is 170 Å². The summed E-state index contributed by atoms with van der Waals surface area (Å²) in [6.07, 6.45) is 0. The van der Waals surface area contributed by atoms with Crippen LogP contribution in [0, 0.1) is 20.8 Å². The van der Waals surface area contributed by atoms with Gasteiger partial charge in [0.25, 0.3) is 0 Å². The molecule has 8 aromatic carbocycles. The van der Waals surface area contributed by atoms with E-state index in [9.17, 15) is 0 Å². The van der Waals surface area contributed by atoms with Crippen LogP contribution in [-0.4, -0.2) is 25.4 Å². The van der Waals surface area contributed by atoms with Crippen LogP contribution in [0.2, 0.25) is 0 Å². The Labute approximate surface area is 348 Å². The van der Waals surface area contributed by atoms with Crippen molar-refractivity contribution in [2.75, 3.05) is 16.5 Å². The van der Waals surface area contributed by atoms with E-state index in [4.69, 9.17) is 4.98 Å². The molecule has 0 aliphatic carbocycles. The van der Waals surface area contributed by atoms with E-state index in [1.165, 1.54) is 71.8 Å². The maximum atomic E-state index is 5.15. The van der Waals surface area contributed by atoms with E-state index >= 15 is 0 Å². The van der Waals surface area contributed by atoms with E-state index in [0.717, 1.165) is 45.0 Å². The minimum absolute atomic E-state index is 0.715. The van der Waals surface area contributed by atoms with Crippen LogP contribution in [0.3, 0.4) is 0 Å². The molecule has 4 heterocycles. The van der Waals surface area contributed by atoms with Crippen molar-refractivity contribution in [3.63, 3.8) is 0 Å². The Morgan fingerprint density at radius 1 is 0.467 bits per heavy atom. The average Bonchev–Trinajstić information content (AvgIpc) is 4.01. The number of aryl methyl sites for hydroxylation is 4. The quantitative estimate of drug-likeness (QED) is 0.175. The predicted molar refractivity (Wildman–Crippen MR) is 251 cm³/mol. The molecule has 0 N–H and O–H groups in total. The Kier molecular flexibility index (Phi) is 7.45. The molecule has 0 saturated carbocycles. The number of benzene rings is 8. The SMILES string of the molecule is Cc1cc(C)c(N2CN(c3cccc(-n4c5cc(-c6nc7ccccc7n6C)ccc5c5ccc6c(c7ccccc7n6-c6ccccc6)c54)c3)c3ccccc32)c(C)c1. The number of para-hydroxylation sites is 6. The number of aromatic nitrogens is 4. The number of fused-ring (bicyclic) bond motifs is 9. The summed E-state index contributed by atoms with van der Waals surface area (Å²) in [5.74, 6) is 0.949. The molecule has 0 spiro atoms. The first-order valence-corrected chi connectivity index (χ1v) is 20.7. The highest BCUT2D eigenvalue weighted by molar-refractivity contribution is 6.26. The molecule has 60 heavy (non-hydrogen) atoms. The monoisotopic (exact) mass is 774 g/mol. The molecule has 3 aromatic heterocycles. The highest BCUT2D eigenvalue weighted by Gasteiger charge is 2.30. The first-order valence-electron chi connectivity index (χ1n) is 20.7. The molecule has 6 heteroatoms. The molecule has 0 fully saturated rings. The lowest BCUT2D eigenvalue weighted by Crippen LogP contribution is -2.25. The van der Waals surface area contributed by atoms with Gasteiger partial charge >= 0.3 is 0 Å². The summed E-state index contributed by atoms with van der Waals surface area (Å²) in [6, 6.07) is 62.1. The van der Waals surface area contributed by atoms with Crippen molar-refractivity contribution in [1.82, 2.24) is 18.7 Å². The standard InChI is InChI=1S/C54H42N6/c1-34-29-35(2)52(36(3)30-34)58-33-57(47-23-12-13-24-48(47)58)39-17-14-18-40(32-39)60-50-31-37(54-55-44-20-9-11-22-46(44)56(54)4)25-26-41(50)42-27-28-49-51(53(42)60)43-19-8-10-21-45(43)59(49)38-15-6-5-7-16-38/h5-32H,33H2,1-4H3. The van der Waals surface area contributed by atoms with E-state index in [2.05, 4.69) is 221 Å². The molecular formula is C54H42N6. The van der Waals surface area contributed by atoms with Gasteiger partial charge in [-0.15, -0.1) is 0 Å². The van der Waals surface area contributed by atoms with Crippen LogP contribution < -0.4 is 9.80 Å². The molecule has 6 nitrogen and oxygen atoms in total. The van der Waals surface area contributed by atoms with Crippen molar-refractivity contribution in [2.24, 2.45) is 7.05 Å². The van der Waals surface area contributed by atoms with Gasteiger partial charge in [0.2, 0.25) is 0 Å². The molecule has 1 aliphatic rings. The van der Waals surface area contributed by atoms with Gasteiger partial charge in [0.15, 0.2) is 0 Å². The molecule has 11 aromatic rings. The lowest BCUT2D eigenvalue weighted by atomic mass is 10.0. The molecule has 0 atom stereocenters. The number of rotatable bonds is 5. The Bertz CT molecular complexity index is 3510. The Morgan fingerprint density at radius 3 is 1.93 bits per heavy atom. The van der Waals surface area contributed by atoms with Gasteiger partial charge in [-0.2, -0.15) is 0 Å². The zero-order valence-corrected chi connectivity index (χ0v) is 34.1. The van der Waals surface area contributed by atoms with Crippen LogP contribution in [0.5, 0.6) is 0 Å². The van der Waals surface area contributed by atoms with E-state index in [1.54, 1.807) is 0 Å². The summed E-state index contributed by atoms with van der Waals surface area (Å²) >= 11 is 0. The normalized spacial score (nSPS) is 12.9. The summed E-state index contributed by atoms with van der Waals surface area (Å²) < 4.78 is 7.14. The first kappa shape index (κ1) is 34.5. The van der Waals surface area contributed by atoms with Gasteiger partial charge in [-0.05, 0) is 105 Å². The predicted octanol–water partition coefficient (Wildman–Crippen LogP) is 13.6. The first-order chi connectivity index (χ1) is 29.4. The van der Waals surface area contributed by atoms with Crippen molar-refractivity contribution in [2.45, 2.75) is 20.8 Å². The van der Waals surface area contributed by atoms with E-state index < -0.39 is 0 Å². The molecule has 12 rings (SSSR count). The van der Waals surface area contributed by atoms with Crippen molar-refractivity contribution >= 4 is 77.4 Å². The maximum Gasteiger partial charge on any atom is 0.140 e. The zero-order chi connectivity index (χ0) is 40.2. The molecule has 0 amide bonds. The van der Waals surface area contributed by atoms with Crippen LogP contribution in [0.25, 0.3) is 77.4 Å². The average molecular weight is 775 g/mol. The van der Waals surface area contributed by atoms with Crippen LogP contribution in [0.4, 0.5) is 22.7 Å².